The Bertz CT molecular complexity index is 160. The van der Waals surface area contributed by atoms with Gasteiger partial charge in [0.1, 0.15) is 0 Å². The summed E-state index contributed by atoms with van der Waals surface area (Å²) in [5.74, 6) is 0. The third-order valence-electron chi connectivity index (χ3n) is 0.976. The van der Waals surface area contributed by atoms with E-state index in [1.54, 1.807) is 0 Å². The molecule has 0 saturated carbocycles. The van der Waals surface area contributed by atoms with Crippen LogP contribution in [0.5, 0.6) is 0 Å². The molecule has 47 valence electrons. The molecule has 9 heavy (non-hydrogen) atoms. The number of hydrogen-bond acceptors (Lipinski definition) is 2. The predicted molar refractivity (Wildman–Crippen MR) is 38.0 cm³/mol. The van der Waals surface area contributed by atoms with Gasteiger partial charge in [-0.3, -0.25) is 0 Å². The Hall–Kier alpha value is -1.02. The van der Waals surface area contributed by atoms with Gasteiger partial charge in [0.05, 0.1) is 0 Å². The molecule has 1 radical (unpaired) electrons. The topological polar surface area (TPSA) is 24.1 Å². The number of nitrogens with one attached hydrogen (secondary N) is 2. The molecule has 1 aromatic carbocycles. The lowest BCUT2D eigenvalue weighted by atomic mass is 10.3. The van der Waals surface area contributed by atoms with Crippen LogP contribution in [0.15, 0.2) is 24.3 Å². The first-order valence-electron chi connectivity index (χ1n) is 2.82. The number of hydrazine groups is 1. The average Bonchev–Trinajstić information content (AvgIpc) is 1.91. The van der Waals surface area contributed by atoms with Crippen molar-refractivity contribution in [2.45, 2.75) is 0 Å². The highest BCUT2D eigenvalue weighted by Crippen LogP contribution is 2.00. The van der Waals surface area contributed by atoms with Crippen LogP contribution in [0.4, 0.5) is 5.69 Å². The Labute approximate surface area is 54.9 Å². The molecule has 0 aromatic heterocycles. The largest absolute Gasteiger partial charge is 0.322 e. The van der Waals surface area contributed by atoms with Crippen LogP contribution in [0, 0.1) is 6.07 Å². The Morgan fingerprint density at radius 2 is 2.44 bits per heavy atom. The summed E-state index contributed by atoms with van der Waals surface area (Å²) in [4.78, 5) is 0. The molecule has 0 aliphatic heterocycles. The molecule has 0 saturated heterocycles. The van der Waals surface area contributed by atoms with Gasteiger partial charge in [0.2, 0.25) is 0 Å². The summed E-state index contributed by atoms with van der Waals surface area (Å²) in [5.41, 5.74) is 6.77. The first kappa shape index (κ1) is 6.11. The molecule has 0 heterocycles. The minimum atomic E-state index is 1.03. The molecule has 0 spiro atoms. The minimum absolute atomic E-state index is 1.03. The quantitative estimate of drug-likeness (QED) is 0.571. The van der Waals surface area contributed by atoms with Crippen LogP contribution in [0.25, 0.3) is 0 Å². The van der Waals surface area contributed by atoms with Crippen molar-refractivity contribution >= 4 is 5.69 Å². The van der Waals surface area contributed by atoms with Gasteiger partial charge in [-0.05, 0) is 18.2 Å². The molecule has 2 N–H and O–H groups in total. The van der Waals surface area contributed by atoms with Crippen LogP contribution in [-0.4, -0.2) is 7.05 Å². The standard InChI is InChI=1S/C7H9N2/c1-8-9-7-5-3-2-4-6-7/h2-3,5-6,8-9H,1H3. The Balaban J connectivity index is 2.61. The smallest absolute Gasteiger partial charge is 0.0493 e. The first-order valence-corrected chi connectivity index (χ1v) is 2.82. The third-order valence-corrected chi connectivity index (χ3v) is 0.976. The Kier molecular flexibility index (Phi) is 2.10. The van der Waals surface area contributed by atoms with Gasteiger partial charge < -0.3 is 5.43 Å². The SMILES string of the molecule is CNNc1c[c]ccc1. The van der Waals surface area contributed by atoms with E-state index in [4.69, 9.17) is 0 Å². The molecule has 0 amide bonds. The summed E-state index contributed by atoms with van der Waals surface area (Å²) in [5, 5.41) is 0. The van der Waals surface area contributed by atoms with Crippen LogP contribution in [-0.2, 0) is 0 Å². The maximum absolute atomic E-state index is 2.94. The average molecular weight is 121 g/mol. The molecule has 0 fully saturated rings. The van der Waals surface area contributed by atoms with Crippen molar-refractivity contribution in [3.05, 3.63) is 30.3 Å². The van der Waals surface area contributed by atoms with Gasteiger partial charge in [-0.15, -0.1) is 0 Å². The number of rotatable bonds is 2. The van der Waals surface area contributed by atoms with Crippen LogP contribution in [0.3, 0.4) is 0 Å². The van der Waals surface area contributed by atoms with Gasteiger partial charge in [0.15, 0.2) is 0 Å². The molecule has 0 aliphatic rings. The lowest BCUT2D eigenvalue weighted by Gasteiger charge is -2.00. The fraction of sp³-hybridized carbons (Fsp3) is 0.143. The highest BCUT2D eigenvalue weighted by Gasteiger charge is 1.81. The van der Waals surface area contributed by atoms with Gasteiger partial charge in [-0.2, -0.15) is 0 Å². The summed E-state index contributed by atoms with van der Waals surface area (Å²) in [6, 6.07) is 10.6. The van der Waals surface area contributed by atoms with Gasteiger partial charge >= 0.3 is 0 Å². The third kappa shape index (κ3) is 1.74. The van der Waals surface area contributed by atoms with E-state index < -0.39 is 0 Å². The van der Waals surface area contributed by atoms with E-state index >= 15 is 0 Å². The summed E-state index contributed by atoms with van der Waals surface area (Å²) in [7, 11) is 1.83. The molecule has 1 aromatic rings. The molecule has 2 heteroatoms. The van der Waals surface area contributed by atoms with E-state index in [1.165, 1.54) is 0 Å². The van der Waals surface area contributed by atoms with Crippen LogP contribution in [0.2, 0.25) is 0 Å². The van der Waals surface area contributed by atoms with Crippen molar-refractivity contribution in [3.8, 4) is 0 Å². The summed E-state index contributed by atoms with van der Waals surface area (Å²) < 4.78 is 0. The second-order valence-electron chi connectivity index (χ2n) is 1.67. The molecule has 1 rings (SSSR count). The maximum Gasteiger partial charge on any atom is 0.0493 e. The lowest BCUT2D eigenvalue weighted by Crippen LogP contribution is -2.14. The highest BCUT2D eigenvalue weighted by molar-refractivity contribution is 5.40. The zero-order valence-corrected chi connectivity index (χ0v) is 5.31. The van der Waals surface area contributed by atoms with Gasteiger partial charge in [0, 0.05) is 12.7 Å². The van der Waals surface area contributed by atoms with Crippen molar-refractivity contribution in [1.82, 2.24) is 5.43 Å². The van der Waals surface area contributed by atoms with Crippen molar-refractivity contribution in [3.63, 3.8) is 0 Å². The Morgan fingerprint density at radius 3 is 3.00 bits per heavy atom. The van der Waals surface area contributed by atoms with Crippen molar-refractivity contribution < 1.29 is 0 Å². The van der Waals surface area contributed by atoms with E-state index in [9.17, 15) is 0 Å². The molecule has 0 unspecified atom stereocenters. The van der Waals surface area contributed by atoms with Crippen molar-refractivity contribution in [1.29, 1.82) is 0 Å². The van der Waals surface area contributed by atoms with Crippen molar-refractivity contribution in [2.75, 3.05) is 12.5 Å². The van der Waals surface area contributed by atoms with E-state index in [-0.39, 0.29) is 0 Å². The molecule has 0 atom stereocenters. The first-order chi connectivity index (χ1) is 4.43. The normalized spacial score (nSPS) is 9.00. The zero-order chi connectivity index (χ0) is 6.53. The fourth-order valence-corrected chi connectivity index (χ4v) is 0.615. The highest BCUT2D eigenvalue weighted by atomic mass is 15.3. The minimum Gasteiger partial charge on any atom is -0.322 e. The van der Waals surface area contributed by atoms with Crippen LogP contribution < -0.4 is 10.9 Å². The molecular weight excluding hydrogens is 112 g/mol. The summed E-state index contributed by atoms with van der Waals surface area (Å²) in [6.07, 6.45) is 0. The number of anilines is 1. The molecule has 2 nitrogen and oxygen atoms in total. The van der Waals surface area contributed by atoms with Crippen molar-refractivity contribution in [2.24, 2.45) is 0 Å². The summed E-state index contributed by atoms with van der Waals surface area (Å²) in [6.45, 7) is 0. The van der Waals surface area contributed by atoms with Gasteiger partial charge in [-0.25, -0.2) is 5.43 Å². The molecular formula is C7H9N2. The predicted octanol–water partition coefficient (Wildman–Crippen LogP) is 1.03. The summed E-state index contributed by atoms with van der Waals surface area (Å²) >= 11 is 0. The molecule has 0 bridgehead atoms. The Morgan fingerprint density at radius 1 is 1.56 bits per heavy atom. The van der Waals surface area contributed by atoms with E-state index in [0.29, 0.717) is 0 Å². The van der Waals surface area contributed by atoms with Gasteiger partial charge in [0.25, 0.3) is 0 Å². The second-order valence-corrected chi connectivity index (χ2v) is 1.67. The van der Waals surface area contributed by atoms with Crippen LogP contribution in [0.1, 0.15) is 0 Å². The lowest BCUT2D eigenvalue weighted by molar-refractivity contribution is 0.984. The monoisotopic (exact) mass is 121 g/mol. The second kappa shape index (κ2) is 3.10. The van der Waals surface area contributed by atoms with Gasteiger partial charge in [-0.1, -0.05) is 12.1 Å². The van der Waals surface area contributed by atoms with Crippen LogP contribution >= 0.6 is 0 Å². The number of hydrogen-bond donors (Lipinski definition) is 2. The fourth-order valence-electron chi connectivity index (χ4n) is 0.615. The van der Waals surface area contributed by atoms with E-state index in [0.717, 1.165) is 5.69 Å². The van der Waals surface area contributed by atoms with E-state index in [1.807, 2.05) is 31.3 Å². The molecule has 0 aliphatic carbocycles. The number of benzene rings is 1. The zero-order valence-electron chi connectivity index (χ0n) is 5.31. The van der Waals surface area contributed by atoms with E-state index in [2.05, 4.69) is 16.9 Å². The maximum atomic E-state index is 2.94.